The summed E-state index contributed by atoms with van der Waals surface area (Å²) in [5.74, 6) is -0.234. The minimum absolute atomic E-state index is 0.0224. The van der Waals surface area contributed by atoms with Crippen LogP contribution in [0.25, 0.3) is 0 Å². The zero-order valence-electron chi connectivity index (χ0n) is 11.1. The van der Waals surface area contributed by atoms with Gasteiger partial charge in [0, 0.05) is 31.7 Å². The molecule has 0 aliphatic carbocycles. The molecule has 0 bridgehead atoms. The summed E-state index contributed by atoms with van der Waals surface area (Å²) >= 11 is 0. The molecule has 2 N–H and O–H groups in total. The first-order valence-electron chi connectivity index (χ1n) is 6.54. The number of benzene rings is 1. The zero-order chi connectivity index (χ0) is 13.7. The van der Waals surface area contributed by atoms with Crippen molar-refractivity contribution in [2.75, 3.05) is 26.2 Å². The highest BCUT2D eigenvalue weighted by Crippen LogP contribution is 2.01. The molecule has 1 unspecified atom stereocenters. The summed E-state index contributed by atoms with van der Waals surface area (Å²) in [5.41, 5.74) is 0.572. The van der Waals surface area contributed by atoms with Crippen LogP contribution in [-0.4, -0.2) is 48.9 Å². The van der Waals surface area contributed by atoms with Crippen LogP contribution in [0, 0.1) is 0 Å². The third-order valence-electron chi connectivity index (χ3n) is 3.18. The van der Waals surface area contributed by atoms with Crippen molar-refractivity contribution in [3.63, 3.8) is 0 Å². The quantitative estimate of drug-likeness (QED) is 0.819. The molecule has 19 heavy (non-hydrogen) atoms. The van der Waals surface area contributed by atoms with Crippen molar-refractivity contribution >= 4 is 11.8 Å². The zero-order valence-corrected chi connectivity index (χ0v) is 11.1. The second kappa shape index (κ2) is 6.33. The van der Waals surface area contributed by atoms with Crippen LogP contribution in [0.2, 0.25) is 0 Å². The molecule has 5 nitrogen and oxygen atoms in total. The molecular weight excluding hydrogens is 242 g/mol. The Hall–Kier alpha value is -1.88. The molecule has 0 saturated carbocycles. The van der Waals surface area contributed by atoms with Crippen molar-refractivity contribution in [1.29, 1.82) is 0 Å². The van der Waals surface area contributed by atoms with E-state index in [4.69, 9.17) is 0 Å². The Bertz CT molecular complexity index is 441. The van der Waals surface area contributed by atoms with Gasteiger partial charge in [0.05, 0.1) is 0 Å². The van der Waals surface area contributed by atoms with Crippen molar-refractivity contribution in [2.45, 2.75) is 13.0 Å². The van der Waals surface area contributed by atoms with Gasteiger partial charge in [-0.15, -0.1) is 0 Å². The number of carbonyl (C=O) groups is 2. The SMILES string of the molecule is CC(NC(=O)c1ccccc1)C(=O)N1CCNCC1. The summed E-state index contributed by atoms with van der Waals surface area (Å²) in [6.45, 7) is 4.75. The Kier molecular flexibility index (Phi) is 4.52. The van der Waals surface area contributed by atoms with Gasteiger partial charge >= 0.3 is 0 Å². The Labute approximate surface area is 113 Å². The number of rotatable bonds is 3. The molecule has 1 aromatic carbocycles. The molecule has 1 aliphatic heterocycles. The molecule has 1 fully saturated rings. The van der Waals surface area contributed by atoms with Gasteiger partial charge in [0.25, 0.3) is 5.91 Å². The van der Waals surface area contributed by atoms with E-state index >= 15 is 0 Å². The van der Waals surface area contributed by atoms with Crippen molar-refractivity contribution in [1.82, 2.24) is 15.5 Å². The van der Waals surface area contributed by atoms with Crippen LogP contribution in [0.3, 0.4) is 0 Å². The van der Waals surface area contributed by atoms with Gasteiger partial charge in [-0.1, -0.05) is 18.2 Å². The maximum atomic E-state index is 12.1. The lowest BCUT2D eigenvalue weighted by molar-refractivity contribution is -0.133. The number of amides is 2. The fraction of sp³-hybridized carbons (Fsp3) is 0.429. The number of hydrogen-bond acceptors (Lipinski definition) is 3. The second-order valence-corrected chi connectivity index (χ2v) is 4.64. The highest BCUT2D eigenvalue weighted by atomic mass is 16.2. The minimum Gasteiger partial charge on any atom is -0.341 e. The molecule has 1 atom stereocenters. The lowest BCUT2D eigenvalue weighted by Crippen LogP contribution is -2.53. The average molecular weight is 261 g/mol. The molecule has 5 heteroatoms. The number of nitrogens with zero attached hydrogens (tertiary/aromatic N) is 1. The number of hydrogen-bond donors (Lipinski definition) is 2. The molecule has 102 valence electrons. The minimum atomic E-state index is -0.495. The highest BCUT2D eigenvalue weighted by Gasteiger charge is 2.23. The lowest BCUT2D eigenvalue weighted by Gasteiger charge is -2.30. The van der Waals surface area contributed by atoms with E-state index in [0.29, 0.717) is 18.7 Å². The van der Waals surface area contributed by atoms with Crippen molar-refractivity contribution in [3.05, 3.63) is 35.9 Å². The Morgan fingerprint density at radius 1 is 1.21 bits per heavy atom. The van der Waals surface area contributed by atoms with Crippen molar-refractivity contribution in [3.8, 4) is 0 Å². The molecule has 1 heterocycles. The van der Waals surface area contributed by atoms with Gasteiger partial charge in [0.15, 0.2) is 0 Å². The fourth-order valence-electron chi connectivity index (χ4n) is 2.09. The van der Waals surface area contributed by atoms with E-state index < -0.39 is 6.04 Å². The molecule has 2 amide bonds. The highest BCUT2D eigenvalue weighted by molar-refractivity contribution is 5.97. The Morgan fingerprint density at radius 2 is 1.84 bits per heavy atom. The standard InChI is InChI=1S/C14H19N3O2/c1-11(14(19)17-9-7-15-8-10-17)16-13(18)12-5-3-2-4-6-12/h2-6,11,15H,7-10H2,1H3,(H,16,18). The third-order valence-corrected chi connectivity index (χ3v) is 3.18. The van der Waals surface area contributed by atoms with Crippen LogP contribution >= 0.6 is 0 Å². The average Bonchev–Trinajstić information content (AvgIpc) is 2.48. The van der Waals surface area contributed by atoms with E-state index in [1.54, 1.807) is 36.1 Å². The first-order chi connectivity index (χ1) is 9.18. The van der Waals surface area contributed by atoms with Crippen LogP contribution in [0.15, 0.2) is 30.3 Å². The van der Waals surface area contributed by atoms with Gasteiger partial charge < -0.3 is 15.5 Å². The lowest BCUT2D eigenvalue weighted by atomic mass is 10.2. The van der Waals surface area contributed by atoms with Crippen LogP contribution in [-0.2, 0) is 4.79 Å². The third kappa shape index (κ3) is 3.54. The van der Waals surface area contributed by atoms with Gasteiger partial charge in [-0.2, -0.15) is 0 Å². The first-order valence-corrected chi connectivity index (χ1v) is 6.54. The predicted molar refractivity (Wildman–Crippen MR) is 72.8 cm³/mol. The second-order valence-electron chi connectivity index (χ2n) is 4.64. The van der Waals surface area contributed by atoms with E-state index in [1.165, 1.54) is 0 Å². The summed E-state index contributed by atoms with van der Waals surface area (Å²) < 4.78 is 0. The number of piperazine rings is 1. The van der Waals surface area contributed by atoms with Crippen LogP contribution in [0.5, 0.6) is 0 Å². The van der Waals surface area contributed by atoms with Crippen molar-refractivity contribution < 1.29 is 9.59 Å². The maximum absolute atomic E-state index is 12.1. The van der Waals surface area contributed by atoms with E-state index in [0.717, 1.165) is 13.1 Å². The topological polar surface area (TPSA) is 61.4 Å². The smallest absolute Gasteiger partial charge is 0.251 e. The molecule has 1 aromatic rings. The largest absolute Gasteiger partial charge is 0.341 e. The summed E-state index contributed by atoms with van der Waals surface area (Å²) in [5, 5.41) is 5.94. The molecule has 1 aliphatic rings. The molecular formula is C14H19N3O2. The van der Waals surface area contributed by atoms with Gasteiger partial charge in [-0.3, -0.25) is 9.59 Å². The Morgan fingerprint density at radius 3 is 2.47 bits per heavy atom. The summed E-state index contributed by atoms with van der Waals surface area (Å²) in [7, 11) is 0. The van der Waals surface area contributed by atoms with Crippen molar-refractivity contribution in [2.24, 2.45) is 0 Å². The summed E-state index contributed by atoms with van der Waals surface area (Å²) in [6, 6.07) is 8.43. The van der Waals surface area contributed by atoms with Crippen LogP contribution in [0.4, 0.5) is 0 Å². The molecule has 0 radical (unpaired) electrons. The van der Waals surface area contributed by atoms with E-state index in [2.05, 4.69) is 10.6 Å². The molecule has 2 rings (SSSR count). The molecule has 1 saturated heterocycles. The summed E-state index contributed by atoms with van der Waals surface area (Å²) in [4.78, 5) is 25.9. The van der Waals surface area contributed by atoms with E-state index in [-0.39, 0.29) is 11.8 Å². The number of carbonyl (C=O) groups excluding carboxylic acids is 2. The fourth-order valence-corrected chi connectivity index (χ4v) is 2.09. The molecule has 0 spiro atoms. The number of nitrogens with one attached hydrogen (secondary N) is 2. The monoisotopic (exact) mass is 261 g/mol. The van der Waals surface area contributed by atoms with Gasteiger partial charge in [0.2, 0.25) is 5.91 Å². The normalized spacial score (nSPS) is 16.8. The maximum Gasteiger partial charge on any atom is 0.251 e. The van der Waals surface area contributed by atoms with Crippen LogP contribution < -0.4 is 10.6 Å². The van der Waals surface area contributed by atoms with Gasteiger partial charge in [-0.05, 0) is 19.1 Å². The molecule has 0 aromatic heterocycles. The first kappa shape index (κ1) is 13.5. The van der Waals surface area contributed by atoms with Gasteiger partial charge in [0.1, 0.15) is 6.04 Å². The van der Waals surface area contributed by atoms with Crippen LogP contribution in [0.1, 0.15) is 17.3 Å². The van der Waals surface area contributed by atoms with Gasteiger partial charge in [-0.25, -0.2) is 0 Å². The predicted octanol–water partition coefficient (Wildman–Crippen LogP) is 0.237. The Balaban J connectivity index is 1.91. The van der Waals surface area contributed by atoms with E-state index in [9.17, 15) is 9.59 Å². The summed E-state index contributed by atoms with van der Waals surface area (Å²) in [6.07, 6.45) is 0. The van der Waals surface area contributed by atoms with E-state index in [1.807, 2.05) is 6.07 Å².